The molecule has 2 heterocycles. The number of amides is 2. The van der Waals surface area contributed by atoms with Crippen LogP contribution in [0.15, 0.2) is 24.3 Å². The highest BCUT2D eigenvalue weighted by atomic mass is 32.1. The van der Waals surface area contributed by atoms with Gasteiger partial charge in [0.1, 0.15) is 5.75 Å². The van der Waals surface area contributed by atoms with E-state index in [-0.39, 0.29) is 24.2 Å². The quantitative estimate of drug-likeness (QED) is 0.900. The van der Waals surface area contributed by atoms with Gasteiger partial charge in [-0.15, -0.1) is 11.3 Å². The zero-order valence-corrected chi connectivity index (χ0v) is 13.7. The summed E-state index contributed by atoms with van der Waals surface area (Å²) in [5.41, 5.74) is 1.81. The van der Waals surface area contributed by atoms with Crippen molar-refractivity contribution in [2.45, 2.75) is 13.3 Å². The summed E-state index contributed by atoms with van der Waals surface area (Å²) in [5, 5.41) is 6.02. The van der Waals surface area contributed by atoms with Crippen molar-refractivity contribution >= 4 is 28.3 Å². The smallest absolute Gasteiger partial charge is 0.231 e. The molecular weight excluding hydrogens is 314 g/mol. The van der Waals surface area contributed by atoms with Crippen molar-refractivity contribution in [1.82, 2.24) is 10.3 Å². The maximum Gasteiger partial charge on any atom is 0.231 e. The lowest BCUT2D eigenvalue weighted by Crippen LogP contribution is -2.24. The number of nitrogens with zero attached hydrogens (tertiary/aromatic N) is 1. The van der Waals surface area contributed by atoms with E-state index < -0.39 is 0 Å². The molecule has 23 heavy (non-hydrogen) atoms. The van der Waals surface area contributed by atoms with Gasteiger partial charge in [0.15, 0.2) is 5.13 Å². The molecule has 1 aromatic heterocycles. The van der Waals surface area contributed by atoms with Gasteiger partial charge in [-0.05, 0) is 31.2 Å². The number of aryl methyl sites for hydroxylation is 1. The molecule has 1 unspecified atom stereocenters. The van der Waals surface area contributed by atoms with Gasteiger partial charge < -0.3 is 15.4 Å². The van der Waals surface area contributed by atoms with Crippen molar-refractivity contribution in [1.29, 1.82) is 0 Å². The molecule has 2 N–H and O–H groups in total. The lowest BCUT2D eigenvalue weighted by atomic mass is 10.1. The van der Waals surface area contributed by atoms with E-state index in [2.05, 4.69) is 15.6 Å². The normalized spacial score (nSPS) is 17.0. The number of methoxy groups -OCH3 is 1. The fourth-order valence-corrected chi connectivity index (χ4v) is 3.30. The number of aromatic nitrogens is 1. The molecule has 0 spiro atoms. The highest BCUT2D eigenvalue weighted by Gasteiger charge is 2.28. The van der Waals surface area contributed by atoms with E-state index in [9.17, 15) is 9.59 Å². The number of carbonyl (C=O) groups is 2. The Labute approximate surface area is 137 Å². The summed E-state index contributed by atoms with van der Waals surface area (Å²) in [5.74, 6) is 0.211. The Morgan fingerprint density at radius 3 is 2.74 bits per heavy atom. The Morgan fingerprint density at radius 1 is 1.39 bits per heavy atom. The molecule has 0 saturated carbocycles. The first-order chi connectivity index (χ1) is 11.1. The Hall–Kier alpha value is -2.41. The zero-order valence-electron chi connectivity index (χ0n) is 12.9. The van der Waals surface area contributed by atoms with Gasteiger partial charge in [-0.3, -0.25) is 9.59 Å². The third-order valence-electron chi connectivity index (χ3n) is 3.74. The van der Waals surface area contributed by atoms with Crippen LogP contribution in [0.2, 0.25) is 0 Å². The second-order valence-electron chi connectivity index (χ2n) is 5.35. The van der Waals surface area contributed by atoms with E-state index in [4.69, 9.17) is 4.74 Å². The molecule has 1 aliphatic rings. The summed E-state index contributed by atoms with van der Waals surface area (Å²) >= 11 is 1.43. The molecule has 2 aromatic rings. The van der Waals surface area contributed by atoms with Crippen molar-refractivity contribution in [3.8, 4) is 17.0 Å². The number of nitrogens with one attached hydrogen (secondary N) is 2. The maximum atomic E-state index is 12.1. The van der Waals surface area contributed by atoms with Gasteiger partial charge in [0.25, 0.3) is 0 Å². The van der Waals surface area contributed by atoms with Crippen molar-refractivity contribution < 1.29 is 14.3 Å². The number of carbonyl (C=O) groups excluding carboxylic acids is 2. The first-order valence-electron chi connectivity index (χ1n) is 7.26. The predicted octanol–water partition coefficient (Wildman–Crippen LogP) is 2.20. The monoisotopic (exact) mass is 331 g/mol. The molecule has 7 heteroatoms. The first-order valence-corrected chi connectivity index (χ1v) is 8.08. The Morgan fingerprint density at radius 2 is 2.13 bits per heavy atom. The molecule has 1 aromatic carbocycles. The summed E-state index contributed by atoms with van der Waals surface area (Å²) in [4.78, 5) is 28.9. The highest BCUT2D eigenvalue weighted by Crippen LogP contribution is 2.31. The number of thiazole rings is 1. The third kappa shape index (κ3) is 3.34. The molecule has 1 saturated heterocycles. The summed E-state index contributed by atoms with van der Waals surface area (Å²) in [6, 6.07) is 7.63. The van der Waals surface area contributed by atoms with E-state index in [0.29, 0.717) is 11.7 Å². The number of benzene rings is 1. The second kappa shape index (κ2) is 6.37. The van der Waals surface area contributed by atoms with Crippen LogP contribution in [0.5, 0.6) is 5.75 Å². The van der Waals surface area contributed by atoms with Crippen LogP contribution in [-0.4, -0.2) is 30.5 Å². The van der Waals surface area contributed by atoms with Crippen LogP contribution in [0.4, 0.5) is 5.13 Å². The van der Waals surface area contributed by atoms with E-state index in [1.165, 1.54) is 11.3 Å². The van der Waals surface area contributed by atoms with E-state index in [0.717, 1.165) is 21.9 Å². The molecule has 3 rings (SSSR count). The predicted molar refractivity (Wildman–Crippen MR) is 88.6 cm³/mol. The largest absolute Gasteiger partial charge is 0.497 e. The fraction of sp³-hybridized carbons (Fsp3) is 0.312. The minimum atomic E-state index is -0.323. The van der Waals surface area contributed by atoms with Crippen molar-refractivity contribution in [2.75, 3.05) is 19.0 Å². The molecule has 1 fully saturated rings. The highest BCUT2D eigenvalue weighted by molar-refractivity contribution is 7.16. The average Bonchev–Trinajstić information content (AvgIpc) is 3.13. The summed E-state index contributed by atoms with van der Waals surface area (Å²) < 4.78 is 5.15. The van der Waals surface area contributed by atoms with Crippen LogP contribution >= 0.6 is 11.3 Å². The van der Waals surface area contributed by atoms with Crippen LogP contribution in [0.3, 0.4) is 0 Å². The van der Waals surface area contributed by atoms with Gasteiger partial charge in [-0.25, -0.2) is 4.98 Å². The Kier molecular flexibility index (Phi) is 4.29. The number of anilines is 1. The van der Waals surface area contributed by atoms with Crippen LogP contribution in [0.25, 0.3) is 11.3 Å². The van der Waals surface area contributed by atoms with Crippen molar-refractivity contribution in [3.63, 3.8) is 0 Å². The van der Waals surface area contributed by atoms with Crippen molar-refractivity contribution in [3.05, 3.63) is 29.1 Å². The van der Waals surface area contributed by atoms with Gasteiger partial charge in [0, 0.05) is 23.4 Å². The van der Waals surface area contributed by atoms with E-state index in [1.807, 2.05) is 31.2 Å². The molecule has 1 atom stereocenters. The van der Waals surface area contributed by atoms with Gasteiger partial charge in [0.05, 0.1) is 18.7 Å². The van der Waals surface area contributed by atoms with Gasteiger partial charge in [0.2, 0.25) is 11.8 Å². The van der Waals surface area contributed by atoms with Crippen LogP contribution in [-0.2, 0) is 9.59 Å². The number of rotatable bonds is 4. The minimum Gasteiger partial charge on any atom is -0.497 e. The zero-order chi connectivity index (χ0) is 16.4. The lowest BCUT2D eigenvalue weighted by molar-refractivity contribution is -0.123. The summed E-state index contributed by atoms with van der Waals surface area (Å²) in [6.45, 7) is 2.36. The fourth-order valence-electron chi connectivity index (χ4n) is 2.46. The minimum absolute atomic E-state index is 0.0839. The molecule has 120 valence electrons. The average molecular weight is 331 g/mol. The van der Waals surface area contributed by atoms with E-state index >= 15 is 0 Å². The van der Waals surface area contributed by atoms with Gasteiger partial charge in [-0.1, -0.05) is 0 Å². The molecule has 1 aliphatic heterocycles. The Bertz CT molecular complexity index is 740. The number of hydrogen-bond donors (Lipinski definition) is 2. The van der Waals surface area contributed by atoms with Crippen molar-refractivity contribution in [2.24, 2.45) is 5.92 Å². The summed E-state index contributed by atoms with van der Waals surface area (Å²) in [7, 11) is 1.62. The molecular formula is C16H17N3O3S. The topological polar surface area (TPSA) is 80.3 Å². The number of ether oxygens (including phenoxy) is 1. The standard InChI is InChI=1S/C16H17N3O3S/c1-9-14(10-3-5-12(22-2)6-4-10)18-16(23-9)19-15(21)11-7-13(20)17-8-11/h3-6,11H,7-8H2,1-2H3,(H,17,20)(H,18,19,21). The Balaban J connectivity index is 1.75. The first kappa shape index (κ1) is 15.5. The van der Waals surface area contributed by atoms with Gasteiger partial charge in [-0.2, -0.15) is 0 Å². The van der Waals surface area contributed by atoms with E-state index in [1.54, 1.807) is 7.11 Å². The summed E-state index contributed by atoms with van der Waals surface area (Å²) in [6.07, 6.45) is 0.238. The van der Waals surface area contributed by atoms with Crippen LogP contribution < -0.4 is 15.4 Å². The third-order valence-corrected chi connectivity index (χ3v) is 4.62. The lowest BCUT2D eigenvalue weighted by Gasteiger charge is -2.05. The molecule has 0 aliphatic carbocycles. The molecule has 0 bridgehead atoms. The van der Waals surface area contributed by atoms with Crippen LogP contribution in [0.1, 0.15) is 11.3 Å². The van der Waals surface area contributed by atoms with Crippen LogP contribution in [0, 0.1) is 12.8 Å². The molecule has 2 amide bonds. The molecule has 0 radical (unpaired) electrons. The SMILES string of the molecule is COc1ccc(-c2nc(NC(=O)C3CNC(=O)C3)sc2C)cc1. The molecule has 6 nitrogen and oxygen atoms in total. The number of hydrogen-bond acceptors (Lipinski definition) is 5. The van der Waals surface area contributed by atoms with Gasteiger partial charge >= 0.3 is 0 Å². The second-order valence-corrected chi connectivity index (χ2v) is 6.55. The maximum absolute atomic E-state index is 12.1.